The first-order valence-electron chi connectivity index (χ1n) is 13.2. The van der Waals surface area contributed by atoms with Crippen molar-refractivity contribution in [1.29, 1.82) is 0 Å². The number of ketones is 2. The molecule has 2 aromatic rings. The van der Waals surface area contributed by atoms with Gasteiger partial charge in [-0.25, -0.2) is 0 Å². The van der Waals surface area contributed by atoms with Crippen LogP contribution < -0.4 is 0 Å². The fraction of sp³-hybridized carbons (Fsp3) is 0.607. The monoisotopic (exact) mass is 530 g/mol. The number of benzene rings is 1. The van der Waals surface area contributed by atoms with Crippen molar-refractivity contribution in [2.24, 2.45) is 22.7 Å². The summed E-state index contributed by atoms with van der Waals surface area (Å²) < 4.78 is 36.3. The summed E-state index contributed by atoms with van der Waals surface area (Å²) in [6.45, 7) is 9.00. The number of aromatic nitrogens is 1. The molecular weight excluding hydrogens is 492 g/mol. The summed E-state index contributed by atoms with van der Waals surface area (Å²) in [6.07, 6.45) is 5.28. The van der Waals surface area contributed by atoms with Crippen molar-refractivity contribution in [2.45, 2.75) is 59.3 Å². The number of hydrogen-bond acceptors (Lipinski definition) is 7. The zero-order valence-corrected chi connectivity index (χ0v) is 22.8. The Hall–Kier alpha value is -2.36. The molecule has 1 aromatic heterocycles. The van der Waals surface area contributed by atoms with E-state index in [4.69, 9.17) is 9.08 Å². The van der Waals surface area contributed by atoms with E-state index in [2.05, 4.69) is 17.0 Å². The Kier molecular flexibility index (Phi) is 8.07. The van der Waals surface area contributed by atoms with E-state index in [1.807, 2.05) is 44.2 Å². The Morgan fingerprint density at radius 3 is 2.43 bits per heavy atom. The van der Waals surface area contributed by atoms with Crippen LogP contribution in [0.3, 0.4) is 0 Å². The zero-order valence-electron chi connectivity index (χ0n) is 22.0. The van der Waals surface area contributed by atoms with E-state index >= 15 is 0 Å². The standard InChI is InChI=1S/C18H22N2O2.C10H16O4S/c1-2-14(13-20-10-6-7-11-20)18(21)17-12-16(19-22-17)15-8-4-3-5-9-15;1-9(2)7-3-4-10(9,8(11)5-7)6-15(12,13)14/h3-5,8-9,12,14H,2,6-7,10-11,13H2,1H3;7H,3-6H2,1-2H3,(H,12,13,14). The first-order chi connectivity index (χ1) is 17.5. The Morgan fingerprint density at radius 2 is 1.89 bits per heavy atom. The average Bonchev–Trinajstić information content (AvgIpc) is 3.62. The van der Waals surface area contributed by atoms with Gasteiger partial charge in [-0.15, -0.1) is 0 Å². The third-order valence-electron chi connectivity index (χ3n) is 8.93. The Labute approximate surface area is 219 Å². The molecule has 1 saturated heterocycles. The molecule has 2 saturated carbocycles. The molecular formula is C28H38N2O6S. The van der Waals surface area contributed by atoms with Crippen molar-refractivity contribution in [3.63, 3.8) is 0 Å². The van der Waals surface area contributed by atoms with Crippen LogP contribution in [-0.4, -0.2) is 60.0 Å². The minimum Gasteiger partial charge on any atom is -0.352 e. The van der Waals surface area contributed by atoms with Gasteiger partial charge in [0.15, 0.2) is 0 Å². The second-order valence-corrected chi connectivity index (χ2v) is 12.8. The minimum absolute atomic E-state index is 0.00493. The van der Waals surface area contributed by atoms with Crippen LogP contribution in [0.1, 0.15) is 69.9 Å². The lowest BCUT2D eigenvalue weighted by atomic mass is 9.70. The fourth-order valence-corrected chi connectivity index (χ4v) is 7.73. The molecule has 2 aliphatic carbocycles. The molecule has 3 aliphatic rings. The number of likely N-dealkylation sites (tertiary alicyclic amines) is 1. The summed E-state index contributed by atoms with van der Waals surface area (Å²) in [7, 11) is -4.08. The lowest BCUT2D eigenvalue weighted by Gasteiger charge is -2.35. The maximum atomic E-state index is 12.6. The first-order valence-corrected chi connectivity index (χ1v) is 14.8. The van der Waals surface area contributed by atoms with E-state index in [9.17, 15) is 18.0 Å². The largest absolute Gasteiger partial charge is 0.352 e. The van der Waals surface area contributed by atoms with Crippen LogP contribution in [0.2, 0.25) is 0 Å². The number of rotatable bonds is 8. The average molecular weight is 531 g/mol. The number of fused-ring (bicyclic) bond motifs is 2. The van der Waals surface area contributed by atoms with E-state index in [0.29, 0.717) is 18.6 Å². The number of carbonyl (C=O) groups is 2. The van der Waals surface area contributed by atoms with Crippen molar-refractivity contribution >= 4 is 21.7 Å². The van der Waals surface area contributed by atoms with Gasteiger partial charge in [-0.3, -0.25) is 14.1 Å². The highest BCUT2D eigenvalue weighted by Gasteiger charge is 2.65. The Bertz CT molecular complexity index is 1220. The van der Waals surface area contributed by atoms with Gasteiger partial charge < -0.3 is 9.42 Å². The maximum absolute atomic E-state index is 12.6. The molecule has 1 aliphatic heterocycles. The highest BCUT2D eigenvalue weighted by molar-refractivity contribution is 7.85. The van der Waals surface area contributed by atoms with Gasteiger partial charge in [0.25, 0.3) is 10.1 Å². The maximum Gasteiger partial charge on any atom is 0.265 e. The normalized spacial score (nSPS) is 25.6. The molecule has 0 spiro atoms. The van der Waals surface area contributed by atoms with Crippen LogP contribution in [0.5, 0.6) is 0 Å². The van der Waals surface area contributed by atoms with E-state index in [1.54, 1.807) is 6.07 Å². The highest BCUT2D eigenvalue weighted by Crippen LogP contribution is 2.64. The van der Waals surface area contributed by atoms with Crippen molar-refractivity contribution in [2.75, 3.05) is 25.4 Å². The van der Waals surface area contributed by atoms with Gasteiger partial charge in [0.05, 0.1) is 11.2 Å². The van der Waals surface area contributed by atoms with E-state index in [1.165, 1.54) is 12.8 Å². The molecule has 1 aromatic carbocycles. The van der Waals surface area contributed by atoms with Gasteiger partial charge in [-0.05, 0) is 56.5 Å². The number of Topliss-reactive ketones (excluding diaryl/α,β-unsaturated/α-hetero) is 2. The molecule has 202 valence electrons. The van der Waals surface area contributed by atoms with E-state index in [0.717, 1.165) is 43.7 Å². The van der Waals surface area contributed by atoms with Gasteiger partial charge in [-0.2, -0.15) is 8.42 Å². The Balaban J connectivity index is 0.000000186. The predicted molar refractivity (Wildman–Crippen MR) is 141 cm³/mol. The van der Waals surface area contributed by atoms with Crippen LogP contribution in [0.25, 0.3) is 11.3 Å². The molecule has 5 rings (SSSR count). The van der Waals surface area contributed by atoms with Gasteiger partial charge in [-0.1, -0.05) is 56.3 Å². The SMILES string of the molecule is CC1(C)C2CCC1(CS(=O)(=O)O)C(=O)C2.CCC(CN1CCCC1)C(=O)c1cc(-c2ccccc2)no1. The molecule has 9 heteroatoms. The summed E-state index contributed by atoms with van der Waals surface area (Å²) in [5.41, 5.74) is 0.573. The molecule has 3 fully saturated rings. The lowest BCUT2D eigenvalue weighted by molar-refractivity contribution is -0.128. The summed E-state index contributed by atoms with van der Waals surface area (Å²) in [5.74, 6) is 0.347. The number of nitrogens with zero attached hydrogens (tertiary/aromatic N) is 2. The van der Waals surface area contributed by atoms with Gasteiger partial charge in [0.2, 0.25) is 11.5 Å². The van der Waals surface area contributed by atoms with E-state index in [-0.39, 0.29) is 28.8 Å². The third kappa shape index (κ3) is 5.73. The predicted octanol–water partition coefficient (Wildman–Crippen LogP) is 4.92. The van der Waals surface area contributed by atoms with Crippen molar-refractivity contribution in [1.82, 2.24) is 10.1 Å². The number of carbonyl (C=O) groups excluding carboxylic acids is 2. The summed E-state index contributed by atoms with van der Waals surface area (Å²) in [4.78, 5) is 26.9. The van der Waals surface area contributed by atoms with Crippen molar-refractivity contribution in [3.8, 4) is 11.3 Å². The molecule has 3 unspecified atom stereocenters. The van der Waals surface area contributed by atoms with E-state index < -0.39 is 21.3 Å². The zero-order chi connectivity index (χ0) is 26.8. The topological polar surface area (TPSA) is 118 Å². The molecule has 3 atom stereocenters. The van der Waals surface area contributed by atoms with Crippen LogP contribution >= 0.6 is 0 Å². The smallest absolute Gasteiger partial charge is 0.265 e. The molecule has 37 heavy (non-hydrogen) atoms. The Morgan fingerprint density at radius 1 is 1.22 bits per heavy atom. The number of hydrogen-bond donors (Lipinski definition) is 1. The van der Waals surface area contributed by atoms with Crippen LogP contribution in [-0.2, 0) is 14.9 Å². The van der Waals surface area contributed by atoms with Crippen LogP contribution in [0.4, 0.5) is 0 Å². The van der Waals surface area contributed by atoms with Crippen molar-refractivity contribution in [3.05, 3.63) is 42.2 Å². The van der Waals surface area contributed by atoms with Crippen LogP contribution in [0.15, 0.2) is 40.9 Å². The summed E-state index contributed by atoms with van der Waals surface area (Å²) >= 11 is 0. The summed E-state index contributed by atoms with van der Waals surface area (Å²) in [5, 5.41) is 4.05. The molecule has 8 nitrogen and oxygen atoms in total. The molecule has 0 amide bonds. The van der Waals surface area contributed by atoms with Gasteiger partial charge in [0.1, 0.15) is 11.5 Å². The second kappa shape index (κ2) is 10.8. The minimum atomic E-state index is -4.08. The molecule has 2 bridgehead atoms. The quantitative estimate of drug-likeness (QED) is 0.378. The highest BCUT2D eigenvalue weighted by atomic mass is 32.2. The van der Waals surface area contributed by atoms with Crippen LogP contribution in [0, 0.1) is 22.7 Å². The molecule has 0 radical (unpaired) electrons. The first kappa shape index (κ1) is 27.7. The fourth-order valence-electron chi connectivity index (χ4n) is 6.43. The molecule has 2 heterocycles. The van der Waals surface area contributed by atoms with Gasteiger partial charge >= 0.3 is 0 Å². The third-order valence-corrected chi connectivity index (χ3v) is 9.79. The second-order valence-electron chi connectivity index (χ2n) is 11.3. The van der Waals surface area contributed by atoms with Gasteiger partial charge in [0, 0.05) is 30.5 Å². The lowest BCUT2D eigenvalue weighted by Crippen LogP contribution is -2.42. The van der Waals surface area contributed by atoms with Crippen molar-refractivity contribution < 1.29 is 27.1 Å². The summed E-state index contributed by atoms with van der Waals surface area (Å²) in [6, 6.07) is 11.6. The molecule has 1 N–H and O–H groups in total.